The Morgan fingerprint density at radius 3 is 2.56 bits per heavy atom. The van der Waals surface area contributed by atoms with Crippen LogP contribution in [0.5, 0.6) is 0 Å². The van der Waals surface area contributed by atoms with Gasteiger partial charge in [0.1, 0.15) is 6.04 Å². The second-order valence-electron chi connectivity index (χ2n) is 6.12. The van der Waals surface area contributed by atoms with Crippen LogP contribution in [0.3, 0.4) is 0 Å². The zero-order chi connectivity index (χ0) is 18.8. The fraction of sp³-hybridized carbons (Fsp3) is 0.556. The number of carbonyl (C=O) groups is 2. The number of hydrogen-bond acceptors (Lipinski definition) is 3. The summed E-state index contributed by atoms with van der Waals surface area (Å²) >= 11 is 11.9. The van der Waals surface area contributed by atoms with Crippen LogP contribution in [0.2, 0.25) is 10.0 Å². The molecule has 1 rings (SSSR count). The number of hydrogen-bond donors (Lipinski definition) is 2. The highest BCUT2D eigenvalue weighted by Crippen LogP contribution is 2.21. The molecule has 0 aromatic heterocycles. The van der Waals surface area contributed by atoms with E-state index in [1.807, 2.05) is 20.8 Å². The minimum absolute atomic E-state index is 0.205. The summed E-state index contributed by atoms with van der Waals surface area (Å²) in [7, 11) is 0. The number of amides is 2. The van der Waals surface area contributed by atoms with Gasteiger partial charge in [0.2, 0.25) is 5.91 Å². The molecular formula is C18H26Cl2N2O3. The average Bonchev–Trinajstić information content (AvgIpc) is 2.53. The van der Waals surface area contributed by atoms with Crippen LogP contribution in [0.15, 0.2) is 18.2 Å². The van der Waals surface area contributed by atoms with Gasteiger partial charge in [-0.15, -0.1) is 0 Å². The van der Waals surface area contributed by atoms with E-state index in [-0.39, 0.29) is 16.8 Å². The van der Waals surface area contributed by atoms with Crippen LogP contribution in [-0.2, 0) is 9.53 Å². The molecule has 0 aliphatic rings. The highest BCUT2D eigenvalue weighted by molar-refractivity contribution is 6.36. The molecule has 0 heterocycles. The Morgan fingerprint density at radius 1 is 1.24 bits per heavy atom. The first kappa shape index (κ1) is 21.7. The van der Waals surface area contributed by atoms with E-state index in [1.54, 1.807) is 12.1 Å². The van der Waals surface area contributed by atoms with E-state index in [0.29, 0.717) is 36.8 Å². The molecule has 0 bridgehead atoms. The molecule has 0 aliphatic carbocycles. The maximum atomic E-state index is 12.4. The van der Waals surface area contributed by atoms with E-state index in [2.05, 4.69) is 10.6 Å². The second kappa shape index (κ2) is 11.3. The molecule has 0 saturated heterocycles. The number of nitrogens with one attached hydrogen (secondary N) is 2. The third-order valence-corrected chi connectivity index (χ3v) is 4.02. The molecular weight excluding hydrogens is 363 g/mol. The van der Waals surface area contributed by atoms with Crippen LogP contribution >= 0.6 is 23.2 Å². The maximum Gasteiger partial charge on any atom is 0.253 e. The predicted molar refractivity (Wildman–Crippen MR) is 101 cm³/mol. The third kappa shape index (κ3) is 8.08. The Hall–Kier alpha value is -1.30. The second-order valence-corrected chi connectivity index (χ2v) is 6.96. The van der Waals surface area contributed by atoms with Crippen LogP contribution < -0.4 is 10.6 Å². The SMILES string of the molecule is CCOCCCNC(=O)C(CC(C)C)NC(=O)c1ccc(Cl)cc1Cl. The molecule has 25 heavy (non-hydrogen) atoms. The van der Waals surface area contributed by atoms with Gasteiger partial charge in [-0.2, -0.15) is 0 Å². The number of halogens is 2. The number of carbonyl (C=O) groups excluding carboxylic acids is 2. The lowest BCUT2D eigenvalue weighted by Crippen LogP contribution is -2.47. The first-order valence-electron chi connectivity index (χ1n) is 8.46. The molecule has 0 radical (unpaired) electrons. The van der Waals surface area contributed by atoms with E-state index in [4.69, 9.17) is 27.9 Å². The predicted octanol–water partition coefficient (Wildman–Crippen LogP) is 3.68. The highest BCUT2D eigenvalue weighted by atomic mass is 35.5. The molecule has 1 atom stereocenters. The van der Waals surface area contributed by atoms with Gasteiger partial charge in [0, 0.05) is 24.8 Å². The first-order valence-corrected chi connectivity index (χ1v) is 9.22. The van der Waals surface area contributed by atoms with Gasteiger partial charge in [0.15, 0.2) is 0 Å². The summed E-state index contributed by atoms with van der Waals surface area (Å²) in [5.41, 5.74) is 0.295. The Bertz CT molecular complexity index is 579. The van der Waals surface area contributed by atoms with Gasteiger partial charge in [-0.3, -0.25) is 9.59 Å². The zero-order valence-corrected chi connectivity index (χ0v) is 16.4. The van der Waals surface area contributed by atoms with Gasteiger partial charge in [-0.25, -0.2) is 0 Å². The van der Waals surface area contributed by atoms with Crippen molar-refractivity contribution in [2.45, 2.75) is 39.7 Å². The van der Waals surface area contributed by atoms with Crippen LogP contribution in [0.25, 0.3) is 0 Å². The number of benzene rings is 1. The summed E-state index contributed by atoms with van der Waals surface area (Å²) in [4.78, 5) is 24.8. The monoisotopic (exact) mass is 388 g/mol. The molecule has 1 unspecified atom stereocenters. The summed E-state index contributed by atoms with van der Waals surface area (Å²) in [5, 5.41) is 6.31. The summed E-state index contributed by atoms with van der Waals surface area (Å²) in [6.45, 7) is 7.67. The molecule has 2 N–H and O–H groups in total. The van der Waals surface area contributed by atoms with Crippen molar-refractivity contribution in [3.63, 3.8) is 0 Å². The van der Waals surface area contributed by atoms with Crippen molar-refractivity contribution in [1.82, 2.24) is 10.6 Å². The van der Waals surface area contributed by atoms with E-state index in [1.165, 1.54) is 6.07 Å². The van der Waals surface area contributed by atoms with Gasteiger partial charge in [-0.1, -0.05) is 37.0 Å². The quantitative estimate of drug-likeness (QED) is 0.600. The van der Waals surface area contributed by atoms with Gasteiger partial charge in [0.25, 0.3) is 5.91 Å². The minimum Gasteiger partial charge on any atom is -0.382 e. The zero-order valence-electron chi connectivity index (χ0n) is 14.9. The van der Waals surface area contributed by atoms with Crippen LogP contribution in [0.1, 0.15) is 44.0 Å². The number of rotatable bonds is 10. The van der Waals surface area contributed by atoms with E-state index >= 15 is 0 Å². The van der Waals surface area contributed by atoms with Crippen molar-refractivity contribution >= 4 is 35.0 Å². The molecule has 0 fully saturated rings. The smallest absolute Gasteiger partial charge is 0.253 e. The summed E-state index contributed by atoms with van der Waals surface area (Å²) in [6.07, 6.45) is 1.26. The fourth-order valence-electron chi connectivity index (χ4n) is 2.27. The van der Waals surface area contributed by atoms with Gasteiger partial charge in [0.05, 0.1) is 10.6 Å². The minimum atomic E-state index is -0.619. The normalized spacial score (nSPS) is 12.1. The first-order chi connectivity index (χ1) is 11.8. The van der Waals surface area contributed by atoms with Crippen molar-refractivity contribution in [3.8, 4) is 0 Å². The van der Waals surface area contributed by atoms with Crippen molar-refractivity contribution in [1.29, 1.82) is 0 Å². The third-order valence-electron chi connectivity index (χ3n) is 3.47. The Kier molecular flexibility index (Phi) is 9.86. The van der Waals surface area contributed by atoms with Crippen LogP contribution in [-0.4, -0.2) is 37.6 Å². The standard InChI is InChI=1S/C18H26Cl2N2O3/c1-4-25-9-5-8-21-18(24)16(10-12(2)3)22-17(23)14-7-6-13(19)11-15(14)20/h6-7,11-12,16H,4-5,8-10H2,1-3H3,(H,21,24)(H,22,23). The van der Waals surface area contributed by atoms with Crippen molar-refractivity contribution in [3.05, 3.63) is 33.8 Å². The Balaban J connectivity index is 2.68. The van der Waals surface area contributed by atoms with E-state index in [0.717, 1.165) is 6.42 Å². The maximum absolute atomic E-state index is 12.4. The molecule has 140 valence electrons. The lowest BCUT2D eigenvalue weighted by Gasteiger charge is -2.20. The summed E-state index contributed by atoms with van der Waals surface area (Å²) < 4.78 is 5.24. The Morgan fingerprint density at radius 2 is 1.96 bits per heavy atom. The summed E-state index contributed by atoms with van der Waals surface area (Å²) in [6, 6.07) is 4.02. The topological polar surface area (TPSA) is 67.4 Å². The van der Waals surface area contributed by atoms with Crippen molar-refractivity contribution in [2.75, 3.05) is 19.8 Å². The van der Waals surface area contributed by atoms with E-state index in [9.17, 15) is 9.59 Å². The van der Waals surface area contributed by atoms with Gasteiger partial charge < -0.3 is 15.4 Å². The molecule has 0 aliphatic heterocycles. The molecule has 0 spiro atoms. The van der Waals surface area contributed by atoms with E-state index < -0.39 is 11.9 Å². The molecule has 0 saturated carbocycles. The molecule has 7 heteroatoms. The number of ether oxygens (including phenoxy) is 1. The largest absolute Gasteiger partial charge is 0.382 e. The molecule has 2 amide bonds. The van der Waals surface area contributed by atoms with Gasteiger partial charge in [-0.05, 0) is 43.9 Å². The van der Waals surface area contributed by atoms with Crippen LogP contribution in [0.4, 0.5) is 0 Å². The molecule has 1 aromatic carbocycles. The molecule has 1 aromatic rings. The van der Waals surface area contributed by atoms with Crippen molar-refractivity contribution < 1.29 is 14.3 Å². The molecule has 5 nitrogen and oxygen atoms in total. The fourth-order valence-corrected chi connectivity index (χ4v) is 2.76. The van der Waals surface area contributed by atoms with Crippen LogP contribution in [0, 0.1) is 5.92 Å². The Labute approximate surface area is 159 Å². The highest BCUT2D eigenvalue weighted by Gasteiger charge is 2.23. The lowest BCUT2D eigenvalue weighted by atomic mass is 10.0. The van der Waals surface area contributed by atoms with Gasteiger partial charge >= 0.3 is 0 Å². The lowest BCUT2D eigenvalue weighted by molar-refractivity contribution is -0.123. The van der Waals surface area contributed by atoms with Crippen molar-refractivity contribution in [2.24, 2.45) is 5.92 Å². The average molecular weight is 389 g/mol. The summed E-state index contributed by atoms with van der Waals surface area (Å²) in [5.74, 6) is -0.347.